The topological polar surface area (TPSA) is 50.1 Å². The molecule has 0 atom stereocenters. The summed E-state index contributed by atoms with van der Waals surface area (Å²) in [6.07, 6.45) is 0.746. The number of nitriles is 1. The number of nitrogens with zero attached hydrogens (tertiary/aromatic N) is 1. The Balaban J connectivity index is 2.24. The van der Waals surface area contributed by atoms with Crippen LogP contribution in [0.4, 0.5) is 0 Å². The van der Waals surface area contributed by atoms with Crippen LogP contribution in [-0.4, -0.2) is 6.29 Å². The number of aldehydes is 1. The predicted octanol–water partition coefficient (Wildman–Crippen LogP) is 3.71. The molecule has 0 heterocycles. The monoisotopic (exact) mass is 315 g/mol. The van der Waals surface area contributed by atoms with Gasteiger partial charge in [-0.15, -0.1) is 0 Å². The SMILES string of the molecule is N#Cc1ccccc1COc1c(Br)cccc1C=O. The molecule has 4 heteroatoms. The molecule has 2 aromatic carbocycles. The number of carbonyl (C=O) groups is 1. The Hall–Kier alpha value is -2.12. The lowest BCUT2D eigenvalue weighted by atomic mass is 10.1. The summed E-state index contributed by atoms with van der Waals surface area (Å²) in [5, 5.41) is 9.00. The van der Waals surface area contributed by atoms with Crippen molar-refractivity contribution in [3.63, 3.8) is 0 Å². The summed E-state index contributed by atoms with van der Waals surface area (Å²) in [6, 6.07) is 14.6. The van der Waals surface area contributed by atoms with E-state index >= 15 is 0 Å². The molecular weight excluding hydrogens is 306 g/mol. The first-order chi connectivity index (χ1) is 9.26. The molecular formula is C15H10BrNO2. The van der Waals surface area contributed by atoms with Crippen molar-refractivity contribution in [2.75, 3.05) is 0 Å². The number of halogens is 1. The molecule has 2 aromatic rings. The molecule has 0 aliphatic carbocycles. The smallest absolute Gasteiger partial charge is 0.153 e. The second-order valence-corrected chi connectivity index (χ2v) is 4.69. The van der Waals surface area contributed by atoms with Gasteiger partial charge in [-0.25, -0.2) is 0 Å². The van der Waals surface area contributed by atoms with E-state index in [0.29, 0.717) is 21.3 Å². The fourth-order valence-electron chi connectivity index (χ4n) is 1.68. The van der Waals surface area contributed by atoms with Crippen molar-refractivity contribution in [1.82, 2.24) is 0 Å². The van der Waals surface area contributed by atoms with E-state index in [1.165, 1.54) is 0 Å². The molecule has 0 aliphatic heterocycles. The summed E-state index contributed by atoms with van der Waals surface area (Å²) < 4.78 is 6.37. The second-order valence-electron chi connectivity index (χ2n) is 3.83. The van der Waals surface area contributed by atoms with Gasteiger partial charge in [0.05, 0.1) is 21.7 Å². The molecule has 0 spiro atoms. The molecule has 3 nitrogen and oxygen atoms in total. The van der Waals surface area contributed by atoms with E-state index in [2.05, 4.69) is 22.0 Å². The average Bonchev–Trinajstić information content (AvgIpc) is 2.46. The first-order valence-corrected chi connectivity index (χ1v) is 6.40. The lowest BCUT2D eigenvalue weighted by molar-refractivity contribution is 0.111. The number of benzene rings is 2. The van der Waals surface area contributed by atoms with Crippen molar-refractivity contribution in [2.45, 2.75) is 6.61 Å². The van der Waals surface area contributed by atoms with Crippen LogP contribution in [0, 0.1) is 11.3 Å². The van der Waals surface area contributed by atoms with Crippen LogP contribution in [0.5, 0.6) is 5.75 Å². The number of hydrogen-bond donors (Lipinski definition) is 0. The zero-order valence-corrected chi connectivity index (χ0v) is 11.6. The van der Waals surface area contributed by atoms with Gasteiger partial charge in [-0.1, -0.05) is 24.3 Å². The number of carbonyl (C=O) groups excluding carboxylic acids is 1. The van der Waals surface area contributed by atoms with E-state index in [-0.39, 0.29) is 6.61 Å². The Morgan fingerprint density at radius 3 is 2.74 bits per heavy atom. The van der Waals surface area contributed by atoms with Gasteiger partial charge in [-0.2, -0.15) is 5.26 Å². The third kappa shape index (κ3) is 3.01. The third-order valence-electron chi connectivity index (χ3n) is 2.63. The van der Waals surface area contributed by atoms with Gasteiger partial charge in [-0.3, -0.25) is 4.79 Å². The van der Waals surface area contributed by atoms with Gasteiger partial charge in [0.25, 0.3) is 0 Å². The van der Waals surface area contributed by atoms with Crippen LogP contribution in [0.25, 0.3) is 0 Å². The highest BCUT2D eigenvalue weighted by molar-refractivity contribution is 9.10. The molecule has 0 unspecified atom stereocenters. The van der Waals surface area contributed by atoms with Crippen molar-refractivity contribution in [3.8, 4) is 11.8 Å². The van der Waals surface area contributed by atoms with Crippen molar-refractivity contribution in [2.24, 2.45) is 0 Å². The van der Waals surface area contributed by atoms with Gasteiger partial charge in [-0.05, 0) is 34.1 Å². The molecule has 0 amide bonds. The van der Waals surface area contributed by atoms with E-state index in [0.717, 1.165) is 11.8 Å². The molecule has 0 aliphatic rings. The van der Waals surface area contributed by atoms with E-state index in [4.69, 9.17) is 10.00 Å². The Kier molecular flexibility index (Phi) is 4.32. The summed E-state index contributed by atoms with van der Waals surface area (Å²) in [5.41, 5.74) is 1.84. The molecule has 0 saturated carbocycles. The van der Waals surface area contributed by atoms with Gasteiger partial charge >= 0.3 is 0 Å². The maximum Gasteiger partial charge on any atom is 0.153 e. The minimum atomic E-state index is 0.243. The number of hydrogen-bond acceptors (Lipinski definition) is 3. The number of para-hydroxylation sites is 1. The largest absolute Gasteiger partial charge is 0.487 e. The van der Waals surface area contributed by atoms with Crippen LogP contribution in [0.1, 0.15) is 21.5 Å². The zero-order chi connectivity index (χ0) is 13.7. The molecule has 19 heavy (non-hydrogen) atoms. The minimum absolute atomic E-state index is 0.243. The first kappa shape index (κ1) is 13.3. The van der Waals surface area contributed by atoms with Crippen LogP contribution >= 0.6 is 15.9 Å². The molecule has 0 fully saturated rings. The Morgan fingerprint density at radius 2 is 2.00 bits per heavy atom. The van der Waals surface area contributed by atoms with Crippen molar-refractivity contribution >= 4 is 22.2 Å². The van der Waals surface area contributed by atoms with Gasteiger partial charge < -0.3 is 4.74 Å². The third-order valence-corrected chi connectivity index (χ3v) is 3.26. The molecule has 0 N–H and O–H groups in total. The highest BCUT2D eigenvalue weighted by Crippen LogP contribution is 2.29. The summed E-state index contributed by atoms with van der Waals surface area (Å²) in [7, 11) is 0. The molecule has 0 aromatic heterocycles. The number of rotatable bonds is 4. The number of ether oxygens (including phenoxy) is 1. The van der Waals surface area contributed by atoms with Crippen molar-refractivity contribution < 1.29 is 9.53 Å². The van der Waals surface area contributed by atoms with Crippen LogP contribution in [-0.2, 0) is 6.61 Å². The normalized spacial score (nSPS) is 9.68. The van der Waals surface area contributed by atoms with Gasteiger partial charge in [0.2, 0.25) is 0 Å². The van der Waals surface area contributed by atoms with E-state index < -0.39 is 0 Å². The van der Waals surface area contributed by atoms with Crippen LogP contribution in [0.2, 0.25) is 0 Å². The summed E-state index contributed by atoms with van der Waals surface area (Å²) in [6.45, 7) is 0.243. The second kappa shape index (κ2) is 6.17. The minimum Gasteiger partial charge on any atom is -0.487 e. The van der Waals surface area contributed by atoms with Gasteiger partial charge in [0.15, 0.2) is 6.29 Å². The Bertz CT molecular complexity index is 647. The lowest BCUT2D eigenvalue weighted by Crippen LogP contribution is -2.01. The Labute approximate surface area is 119 Å². The fraction of sp³-hybridized carbons (Fsp3) is 0.0667. The van der Waals surface area contributed by atoms with Crippen LogP contribution in [0.15, 0.2) is 46.9 Å². The summed E-state index contributed by atoms with van der Waals surface area (Å²) in [5.74, 6) is 0.491. The average molecular weight is 316 g/mol. The maximum absolute atomic E-state index is 11.0. The molecule has 2 rings (SSSR count). The quantitative estimate of drug-likeness (QED) is 0.808. The highest BCUT2D eigenvalue weighted by Gasteiger charge is 2.09. The first-order valence-electron chi connectivity index (χ1n) is 5.60. The molecule has 0 saturated heterocycles. The summed E-state index contributed by atoms with van der Waals surface area (Å²) >= 11 is 3.35. The maximum atomic E-state index is 11.0. The van der Waals surface area contributed by atoms with Crippen molar-refractivity contribution in [3.05, 3.63) is 63.6 Å². The lowest BCUT2D eigenvalue weighted by Gasteiger charge is -2.11. The predicted molar refractivity (Wildman–Crippen MR) is 75.0 cm³/mol. The highest BCUT2D eigenvalue weighted by atomic mass is 79.9. The van der Waals surface area contributed by atoms with E-state index in [1.807, 2.05) is 12.1 Å². The van der Waals surface area contributed by atoms with Crippen LogP contribution in [0.3, 0.4) is 0 Å². The van der Waals surface area contributed by atoms with Crippen molar-refractivity contribution in [1.29, 1.82) is 5.26 Å². The van der Waals surface area contributed by atoms with Crippen LogP contribution < -0.4 is 4.74 Å². The van der Waals surface area contributed by atoms with E-state index in [1.54, 1.807) is 30.3 Å². The fourth-order valence-corrected chi connectivity index (χ4v) is 2.17. The zero-order valence-electron chi connectivity index (χ0n) is 9.97. The van der Waals surface area contributed by atoms with Gasteiger partial charge in [0.1, 0.15) is 12.4 Å². The summed E-state index contributed by atoms with van der Waals surface area (Å²) in [4.78, 5) is 11.0. The Morgan fingerprint density at radius 1 is 1.21 bits per heavy atom. The van der Waals surface area contributed by atoms with Gasteiger partial charge in [0, 0.05) is 5.56 Å². The molecule has 0 bridgehead atoms. The van der Waals surface area contributed by atoms with E-state index in [9.17, 15) is 4.79 Å². The molecule has 94 valence electrons. The standard InChI is InChI=1S/C15H10BrNO2/c16-14-7-3-6-12(9-18)15(14)19-10-13-5-2-1-4-11(13)8-17/h1-7,9H,10H2. The molecule has 0 radical (unpaired) electrons.